The second-order valence-corrected chi connectivity index (χ2v) is 7.68. The van der Waals surface area contributed by atoms with E-state index < -0.39 is 11.4 Å². The van der Waals surface area contributed by atoms with Crippen LogP contribution in [0, 0.1) is 17.3 Å². The predicted octanol–water partition coefficient (Wildman–Crippen LogP) is 5.36. The fourth-order valence-corrected chi connectivity index (χ4v) is 3.99. The van der Waals surface area contributed by atoms with E-state index in [9.17, 15) is 14.7 Å². The molecule has 1 N–H and O–H groups in total. The number of carboxylic acids is 1. The summed E-state index contributed by atoms with van der Waals surface area (Å²) in [5.41, 5.74) is -0.722. The number of allylic oxidation sites excluding steroid dienone is 1. The van der Waals surface area contributed by atoms with E-state index in [2.05, 4.69) is 13.8 Å². The molecule has 4 heteroatoms. The van der Waals surface area contributed by atoms with Gasteiger partial charge in [0.05, 0.1) is 12.2 Å². The number of carbonyl (C=O) groups is 2. The van der Waals surface area contributed by atoms with Gasteiger partial charge in [0.25, 0.3) is 0 Å². The van der Waals surface area contributed by atoms with Crippen molar-refractivity contribution < 1.29 is 19.4 Å². The van der Waals surface area contributed by atoms with Gasteiger partial charge in [-0.05, 0) is 37.5 Å². The summed E-state index contributed by atoms with van der Waals surface area (Å²) in [6.45, 7) is 8.44. The number of carboxylic acid groups (broad SMARTS) is 1. The van der Waals surface area contributed by atoms with Gasteiger partial charge >= 0.3 is 11.9 Å². The van der Waals surface area contributed by atoms with Crippen molar-refractivity contribution in [3.8, 4) is 0 Å². The molecule has 25 heavy (non-hydrogen) atoms. The van der Waals surface area contributed by atoms with Gasteiger partial charge in [-0.1, -0.05) is 65.9 Å². The standard InChI is InChI=1S/C21H36O4/c1-5-7-13-21(17-11-9-10-12-17,20(24)25-14-8-6-2)18(19(22)23)15-16(3)4/h15-17H,5-14H2,1-4H3,(H,22,23). The molecule has 1 saturated carbocycles. The summed E-state index contributed by atoms with van der Waals surface area (Å²) in [4.78, 5) is 25.4. The van der Waals surface area contributed by atoms with E-state index in [1.54, 1.807) is 6.08 Å². The van der Waals surface area contributed by atoms with Crippen LogP contribution in [0.3, 0.4) is 0 Å². The molecule has 0 bridgehead atoms. The molecule has 1 atom stereocenters. The summed E-state index contributed by atoms with van der Waals surface area (Å²) in [5.74, 6) is -1.12. The molecule has 0 aromatic carbocycles. The van der Waals surface area contributed by atoms with E-state index in [1.807, 2.05) is 13.8 Å². The molecule has 1 fully saturated rings. The van der Waals surface area contributed by atoms with Crippen molar-refractivity contribution in [1.29, 1.82) is 0 Å². The van der Waals surface area contributed by atoms with Crippen molar-refractivity contribution in [3.63, 3.8) is 0 Å². The van der Waals surface area contributed by atoms with Gasteiger partial charge in [0.1, 0.15) is 5.41 Å². The van der Waals surface area contributed by atoms with Crippen LogP contribution in [0.4, 0.5) is 0 Å². The van der Waals surface area contributed by atoms with Gasteiger partial charge in [-0.3, -0.25) is 4.79 Å². The Morgan fingerprint density at radius 1 is 1.16 bits per heavy atom. The Balaban J connectivity index is 3.36. The first-order chi connectivity index (χ1) is 11.9. The minimum atomic E-state index is -0.990. The Morgan fingerprint density at radius 3 is 2.24 bits per heavy atom. The minimum absolute atomic E-state index is 0.0780. The molecular weight excluding hydrogens is 316 g/mol. The molecule has 0 aliphatic heterocycles. The van der Waals surface area contributed by atoms with Crippen LogP contribution in [0.15, 0.2) is 11.6 Å². The lowest BCUT2D eigenvalue weighted by molar-refractivity contribution is -0.160. The molecule has 1 unspecified atom stereocenters. The number of esters is 1. The molecule has 0 saturated heterocycles. The molecule has 0 heterocycles. The van der Waals surface area contributed by atoms with E-state index in [0.29, 0.717) is 13.0 Å². The minimum Gasteiger partial charge on any atom is -0.478 e. The van der Waals surface area contributed by atoms with Crippen LogP contribution in [0.25, 0.3) is 0 Å². The number of unbranched alkanes of at least 4 members (excludes halogenated alkanes) is 2. The second-order valence-electron chi connectivity index (χ2n) is 7.68. The highest BCUT2D eigenvalue weighted by Gasteiger charge is 2.52. The molecular formula is C21H36O4. The Labute approximate surface area is 153 Å². The van der Waals surface area contributed by atoms with Gasteiger partial charge in [-0.25, -0.2) is 4.79 Å². The van der Waals surface area contributed by atoms with E-state index in [1.165, 1.54) is 0 Å². The van der Waals surface area contributed by atoms with Crippen molar-refractivity contribution in [2.24, 2.45) is 17.3 Å². The zero-order valence-electron chi connectivity index (χ0n) is 16.5. The third kappa shape index (κ3) is 5.58. The average Bonchev–Trinajstić information content (AvgIpc) is 3.09. The highest BCUT2D eigenvalue weighted by molar-refractivity contribution is 5.97. The summed E-state index contributed by atoms with van der Waals surface area (Å²) < 4.78 is 5.63. The van der Waals surface area contributed by atoms with Gasteiger partial charge in [0.2, 0.25) is 0 Å². The monoisotopic (exact) mass is 352 g/mol. The number of carbonyl (C=O) groups excluding carboxylic acids is 1. The Bertz CT molecular complexity index is 461. The largest absolute Gasteiger partial charge is 0.478 e. The third-order valence-corrected chi connectivity index (χ3v) is 5.28. The lowest BCUT2D eigenvalue weighted by Crippen LogP contribution is -2.43. The molecule has 1 aliphatic carbocycles. The van der Waals surface area contributed by atoms with Crippen LogP contribution in [0.2, 0.25) is 0 Å². The normalized spacial score (nSPS) is 18.4. The highest BCUT2D eigenvalue weighted by atomic mass is 16.5. The topological polar surface area (TPSA) is 63.6 Å². The molecule has 0 aromatic rings. The first-order valence-corrected chi connectivity index (χ1v) is 10.0. The van der Waals surface area contributed by atoms with Gasteiger partial charge in [0, 0.05) is 0 Å². The SMILES string of the molecule is CCCCOC(=O)C(CCCC)(C(=CC(C)C)C(=O)O)C1CCCC1. The maximum atomic E-state index is 13.2. The molecule has 0 amide bonds. The maximum Gasteiger partial charge on any atom is 0.332 e. The number of ether oxygens (including phenoxy) is 1. The molecule has 0 aromatic heterocycles. The lowest BCUT2D eigenvalue weighted by Gasteiger charge is -2.38. The van der Waals surface area contributed by atoms with Crippen molar-refractivity contribution in [2.75, 3.05) is 6.61 Å². The Hall–Kier alpha value is -1.32. The number of rotatable bonds is 11. The van der Waals surface area contributed by atoms with Crippen molar-refractivity contribution in [1.82, 2.24) is 0 Å². The fourth-order valence-electron chi connectivity index (χ4n) is 3.99. The highest BCUT2D eigenvalue weighted by Crippen LogP contribution is 2.49. The summed E-state index contributed by atoms with van der Waals surface area (Å²) in [7, 11) is 0. The Kier molecular flexibility index (Phi) is 9.23. The van der Waals surface area contributed by atoms with E-state index in [4.69, 9.17) is 4.74 Å². The smallest absolute Gasteiger partial charge is 0.332 e. The van der Waals surface area contributed by atoms with Gasteiger partial charge in [-0.2, -0.15) is 0 Å². The quantitative estimate of drug-likeness (QED) is 0.309. The van der Waals surface area contributed by atoms with Gasteiger partial charge in [-0.15, -0.1) is 0 Å². The van der Waals surface area contributed by atoms with Crippen LogP contribution >= 0.6 is 0 Å². The van der Waals surface area contributed by atoms with Crippen LogP contribution in [0.1, 0.15) is 85.5 Å². The maximum absolute atomic E-state index is 13.2. The van der Waals surface area contributed by atoms with E-state index >= 15 is 0 Å². The number of hydrogen-bond acceptors (Lipinski definition) is 3. The molecule has 1 rings (SSSR count). The average molecular weight is 353 g/mol. The van der Waals surface area contributed by atoms with Crippen LogP contribution in [-0.2, 0) is 14.3 Å². The number of hydrogen-bond donors (Lipinski definition) is 1. The van der Waals surface area contributed by atoms with Crippen molar-refractivity contribution in [3.05, 3.63) is 11.6 Å². The summed E-state index contributed by atoms with van der Waals surface area (Å²) >= 11 is 0. The van der Waals surface area contributed by atoms with E-state index in [0.717, 1.165) is 51.4 Å². The van der Waals surface area contributed by atoms with Crippen LogP contribution in [0.5, 0.6) is 0 Å². The summed E-state index contributed by atoms with van der Waals surface area (Å²) in [6.07, 6.45) is 9.84. The zero-order valence-corrected chi connectivity index (χ0v) is 16.5. The third-order valence-electron chi connectivity index (χ3n) is 5.28. The van der Waals surface area contributed by atoms with Crippen LogP contribution < -0.4 is 0 Å². The van der Waals surface area contributed by atoms with Crippen molar-refractivity contribution in [2.45, 2.75) is 85.5 Å². The van der Waals surface area contributed by atoms with Gasteiger partial charge in [0.15, 0.2) is 0 Å². The van der Waals surface area contributed by atoms with Crippen molar-refractivity contribution >= 4 is 11.9 Å². The molecule has 0 radical (unpaired) electrons. The molecule has 4 nitrogen and oxygen atoms in total. The molecule has 0 spiro atoms. The molecule has 1 aliphatic rings. The molecule has 144 valence electrons. The van der Waals surface area contributed by atoms with Crippen LogP contribution in [-0.4, -0.2) is 23.7 Å². The Morgan fingerprint density at radius 2 is 1.76 bits per heavy atom. The summed E-state index contributed by atoms with van der Waals surface area (Å²) in [6, 6.07) is 0. The summed E-state index contributed by atoms with van der Waals surface area (Å²) in [5, 5.41) is 9.96. The fraction of sp³-hybridized carbons (Fsp3) is 0.810. The predicted molar refractivity (Wildman–Crippen MR) is 100 cm³/mol. The number of aliphatic carboxylic acids is 1. The second kappa shape index (κ2) is 10.6. The lowest BCUT2D eigenvalue weighted by atomic mass is 9.65. The van der Waals surface area contributed by atoms with Gasteiger partial charge < -0.3 is 9.84 Å². The van der Waals surface area contributed by atoms with E-state index in [-0.39, 0.29) is 23.4 Å². The first kappa shape index (κ1) is 21.7. The first-order valence-electron chi connectivity index (χ1n) is 10.0. The zero-order chi connectivity index (χ0) is 18.9.